The zero-order valence-electron chi connectivity index (χ0n) is 13.2. The molecule has 3 heterocycles. The molecule has 7 nitrogen and oxygen atoms in total. The lowest BCUT2D eigenvalue weighted by Gasteiger charge is -2.28. The van der Waals surface area contributed by atoms with Gasteiger partial charge in [0.1, 0.15) is 5.82 Å². The van der Waals surface area contributed by atoms with Crippen LogP contribution >= 0.6 is 0 Å². The molecule has 0 saturated carbocycles. The number of amides is 1. The number of benzene rings is 1. The van der Waals surface area contributed by atoms with Gasteiger partial charge in [0.2, 0.25) is 0 Å². The highest BCUT2D eigenvalue weighted by atomic mass is 16.2. The number of nitrogens with one attached hydrogen (secondary N) is 1. The topological polar surface area (TPSA) is 79.7 Å². The molecule has 0 radical (unpaired) electrons. The number of rotatable bonds is 2. The number of aromatic amines is 1. The van der Waals surface area contributed by atoms with Crippen molar-refractivity contribution in [2.45, 2.75) is 32.9 Å². The first-order valence-electron chi connectivity index (χ1n) is 7.78. The Morgan fingerprint density at radius 3 is 2.96 bits per heavy atom. The summed E-state index contributed by atoms with van der Waals surface area (Å²) >= 11 is 0. The minimum atomic E-state index is 0.0114. The second-order valence-electron chi connectivity index (χ2n) is 6.14. The fourth-order valence-electron chi connectivity index (χ4n) is 3.11. The summed E-state index contributed by atoms with van der Waals surface area (Å²) in [6.45, 7) is 6.11. The molecule has 3 aromatic rings. The van der Waals surface area contributed by atoms with Gasteiger partial charge in [0.15, 0.2) is 5.82 Å². The van der Waals surface area contributed by atoms with Gasteiger partial charge < -0.3 is 9.47 Å². The standard InChI is InChI=1S/C16H18N6O/c1-10(2)15-20-19-14-9-21(6-7-22(14)15)16(23)11-4-3-5-13-12(11)8-17-18-13/h3-5,8,10H,6-7,9H2,1-2H3,(H,17,18). The Labute approximate surface area is 133 Å². The summed E-state index contributed by atoms with van der Waals surface area (Å²) in [5.74, 6) is 2.19. The normalized spacial score (nSPS) is 14.5. The molecule has 1 amide bonds. The largest absolute Gasteiger partial charge is 0.329 e. The van der Waals surface area contributed by atoms with E-state index in [1.54, 1.807) is 6.20 Å². The van der Waals surface area contributed by atoms with Crippen LogP contribution in [0.2, 0.25) is 0 Å². The fourth-order valence-corrected chi connectivity index (χ4v) is 3.11. The molecule has 0 saturated heterocycles. The summed E-state index contributed by atoms with van der Waals surface area (Å²) < 4.78 is 2.13. The van der Waals surface area contributed by atoms with Gasteiger partial charge in [-0.05, 0) is 12.1 Å². The molecular formula is C16H18N6O. The Balaban J connectivity index is 1.64. The molecule has 0 bridgehead atoms. The average Bonchev–Trinajstić information content (AvgIpc) is 3.19. The highest BCUT2D eigenvalue weighted by molar-refractivity contribution is 6.06. The van der Waals surface area contributed by atoms with Gasteiger partial charge in [-0.25, -0.2) is 0 Å². The molecule has 2 aromatic heterocycles. The smallest absolute Gasteiger partial charge is 0.255 e. The van der Waals surface area contributed by atoms with Crippen molar-refractivity contribution < 1.29 is 4.79 Å². The van der Waals surface area contributed by atoms with E-state index in [4.69, 9.17) is 0 Å². The molecule has 118 valence electrons. The number of nitrogens with zero attached hydrogens (tertiary/aromatic N) is 5. The summed E-state index contributed by atoms with van der Waals surface area (Å²) in [5.41, 5.74) is 1.55. The zero-order chi connectivity index (χ0) is 16.0. The summed E-state index contributed by atoms with van der Waals surface area (Å²) in [6.07, 6.45) is 1.70. The Kier molecular flexibility index (Phi) is 3.14. The second kappa shape index (κ2) is 5.19. The van der Waals surface area contributed by atoms with Crippen molar-refractivity contribution in [3.05, 3.63) is 41.6 Å². The number of aromatic nitrogens is 5. The van der Waals surface area contributed by atoms with E-state index in [9.17, 15) is 4.79 Å². The molecule has 1 aliphatic rings. The van der Waals surface area contributed by atoms with Crippen molar-refractivity contribution in [3.8, 4) is 0 Å². The number of hydrogen-bond acceptors (Lipinski definition) is 4. The number of carbonyl (C=O) groups is 1. The van der Waals surface area contributed by atoms with Crippen LogP contribution < -0.4 is 0 Å². The lowest BCUT2D eigenvalue weighted by Crippen LogP contribution is -2.39. The van der Waals surface area contributed by atoms with Crippen molar-refractivity contribution in [1.82, 2.24) is 29.9 Å². The van der Waals surface area contributed by atoms with Crippen LogP contribution in [0.25, 0.3) is 10.9 Å². The van der Waals surface area contributed by atoms with Crippen LogP contribution in [0.3, 0.4) is 0 Å². The van der Waals surface area contributed by atoms with Crippen LogP contribution in [-0.4, -0.2) is 42.3 Å². The summed E-state index contributed by atoms with van der Waals surface area (Å²) in [5, 5.41) is 16.3. The van der Waals surface area contributed by atoms with E-state index in [1.165, 1.54) is 0 Å². The maximum atomic E-state index is 12.9. The molecule has 0 unspecified atom stereocenters. The summed E-state index contributed by atoms with van der Waals surface area (Å²) in [4.78, 5) is 14.7. The van der Waals surface area contributed by atoms with Crippen molar-refractivity contribution in [1.29, 1.82) is 0 Å². The summed E-state index contributed by atoms with van der Waals surface area (Å²) in [7, 11) is 0. The fraction of sp³-hybridized carbons (Fsp3) is 0.375. The Morgan fingerprint density at radius 1 is 1.26 bits per heavy atom. The van der Waals surface area contributed by atoms with Crippen molar-refractivity contribution in [2.24, 2.45) is 0 Å². The molecule has 0 atom stereocenters. The lowest BCUT2D eigenvalue weighted by atomic mass is 10.1. The lowest BCUT2D eigenvalue weighted by molar-refractivity contribution is 0.0708. The van der Waals surface area contributed by atoms with Crippen molar-refractivity contribution in [2.75, 3.05) is 6.54 Å². The van der Waals surface area contributed by atoms with Crippen LogP contribution in [0.15, 0.2) is 24.4 Å². The van der Waals surface area contributed by atoms with E-state index < -0.39 is 0 Å². The summed E-state index contributed by atoms with van der Waals surface area (Å²) in [6, 6.07) is 5.64. The van der Waals surface area contributed by atoms with E-state index in [0.717, 1.165) is 29.1 Å². The molecule has 7 heteroatoms. The highest BCUT2D eigenvalue weighted by Gasteiger charge is 2.26. The third-order valence-corrected chi connectivity index (χ3v) is 4.30. The molecule has 0 fully saturated rings. The third-order valence-electron chi connectivity index (χ3n) is 4.30. The van der Waals surface area contributed by atoms with Gasteiger partial charge in [-0.1, -0.05) is 19.9 Å². The second-order valence-corrected chi connectivity index (χ2v) is 6.14. The van der Waals surface area contributed by atoms with E-state index in [2.05, 4.69) is 38.8 Å². The SMILES string of the molecule is CC(C)c1nnc2n1CCN(C(=O)c1cccc3[nH]ncc13)C2. The molecular weight excluding hydrogens is 292 g/mol. The van der Waals surface area contributed by atoms with Gasteiger partial charge in [0, 0.05) is 24.4 Å². The number of hydrogen-bond donors (Lipinski definition) is 1. The molecule has 0 aliphatic carbocycles. The molecule has 1 N–H and O–H groups in total. The maximum Gasteiger partial charge on any atom is 0.255 e. The zero-order valence-corrected chi connectivity index (χ0v) is 13.2. The molecule has 1 aromatic carbocycles. The first kappa shape index (κ1) is 13.9. The van der Waals surface area contributed by atoms with Gasteiger partial charge in [-0.15, -0.1) is 10.2 Å². The van der Waals surface area contributed by atoms with Gasteiger partial charge in [-0.2, -0.15) is 5.10 Å². The Morgan fingerprint density at radius 2 is 2.13 bits per heavy atom. The minimum absolute atomic E-state index is 0.0114. The maximum absolute atomic E-state index is 12.9. The molecule has 4 rings (SSSR count). The Hall–Kier alpha value is -2.70. The van der Waals surface area contributed by atoms with Gasteiger partial charge in [-0.3, -0.25) is 9.89 Å². The number of H-pyrrole nitrogens is 1. The first-order chi connectivity index (χ1) is 11.1. The minimum Gasteiger partial charge on any atom is -0.329 e. The van der Waals surface area contributed by atoms with E-state index in [1.807, 2.05) is 23.1 Å². The molecule has 1 aliphatic heterocycles. The predicted molar refractivity (Wildman–Crippen MR) is 84.9 cm³/mol. The van der Waals surface area contributed by atoms with Crippen LogP contribution in [0.5, 0.6) is 0 Å². The van der Waals surface area contributed by atoms with Crippen LogP contribution in [0.4, 0.5) is 0 Å². The molecule has 23 heavy (non-hydrogen) atoms. The van der Waals surface area contributed by atoms with Gasteiger partial charge >= 0.3 is 0 Å². The van der Waals surface area contributed by atoms with Crippen LogP contribution in [-0.2, 0) is 13.1 Å². The third kappa shape index (κ3) is 2.19. The van der Waals surface area contributed by atoms with E-state index in [-0.39, 0.29) is 5.91 Å². The van der Waals surface area contributed by atoms with Crippen molar-refractivity contribution >= 4 is 16.8 Å². The first-order valence-corrected chi connectivity index (χ1v) is 7.78. The van der Waals surface area contributed by atoms with E-state index in [0.29, 0.717) is 24.6 Å². The van der Waals surface area contributed by atoms with E-state index >= 15 is 0 Å². The average molecular weight is 310 g/mol. The quantitative estimate of drug-likeness (QED) is 0.784. The number of fused-ring (bicyclic) bond motifs is 2. The van der Waals surface area contributed by atoms with Crippen LogP contribution in [0, 0.1) is 0 Å². The Bertz CT molecular complexity index is 878. The monoisotopic (exact) mass is 310 g/mol. The van der Waals surface area contributed by atoms with Gasteiger partial charge in [0.05, 0.1) is 23.8 Å². The molecule has 0 spiro atoms. The van der Waals surface area contributed by atoms with Crippen LogP contribution in [0.1, 0.15) is 41.8 Å². The van der Waals surface area contributed by atoms with Crippen molar-refractivity contribution in [3.63, 3.8) is 0 Å². The number of carbonyl (C=O) groups excluding carboxylic acids is 1. The van der Waals surface area contributed by atoms with Gasteiger partial charge in [0.25, 0.3) is 5.91 Å². The predicted octanol–water partition coefficient (Wildman–Crippen LogP) is 1.93. The highest BCUT2D eigenvalue weighted by Crippen LogP contribution is 2.22.